The van der Waals surface area contributed by atoms with Crippen molar-refractivity contribution in [1.82, 2.24) is 4.57 Å². The number of aliphatic carboxylic acids is 1. The standard InChI is InChI=1S/C26H19ClF3NO6/c1-2-35-25(34)24-20-13-19(36-17-7-3-15(27)4-8-17)11-12-21(20)31(22(24)14-23(32)33)16-5-9-18(10-6-16)37-26(28,29)30/h3-13H,2,14H2,1H3,(H,32,33). The number of benzene rings is 3. The van der Waals surface area contributed by atoms with Crippen LogP contribution in [-0.2, 0) is 16.0 Å². The van der Waals surface area contributed by atoms with Crippen LogP contribution in [0, 0.1) is 0 Å². The molecule has 0 aliphatic heterocycles. The molecule has 0 bridgehead atoms. The molecule has 0 amide bonds. The monoisotopic (exact) mass is 533 g/mol. The van der Waals surface area contributed by atoms with E-state index in [4.69, 9.17) is 21.1 Å². The molecule has 3 aromatic carbocycles. The highest BCUT2D eigenvalue weighted by atomic mass is 35.5. The second-order valence-corrected chi connectivity index (χ2v) is 8.16. The Labute approximate surface area is 213 Å². The number of carboxylic acid groups (broad SMARTS) is 1. The topological polar surface area (TPSA) is 87.0 Å². The van der Waals surface area contributed by atoms with Crippen LogP contribution in [0.1, 0.15) is 23.0 Å². The average molecular weight is 534 g/mol. The van der Waals surface area contributed by atoms with E-state index in [0.29, 0.717) is 33.1 Å². The molecule has 192 valence electrons. The van der Waals surface area contributed by atoms with Gasteiger partial charge in [-0.1, -0.05) is 11.6 Å². The molecule has 37 heavy (non-hydrogen) atoms. The first-order chi connectivity index (χ1) is 17.6. The highest BCUT2D eigenvalue weighted by Gasteiger charge is 2.31. The number of fused-ring (bicyclic) bond motifs is 1. The largest absolute Gasteiger partial charge is 0.573 e. The minimum atomic E-state index is -4.87. The summed E-state index contributed by atoms with van der Waals surface area (Å²) in [5.41, 5.74) is 0.843. The zero-order valence-corrected chi connectivity index (χ0v) is 20.0. The maximum absolute atomic E-state index is 13.0. The number of esters is 1. The van der Waals surface area contributed by atoms with Crippen LogP contribution in [0.4, 0.5) is 13.2 Å². The van der Waals surface area contributed by atoms with Crippen LogP contribution in [0.3, 0.4) is 0 Å². The van der Waals surface area contributed by atoms with E-state index in [1.54, 1.807) is 49.4 Å². The molecule has 0 radical (unpaired) electrons. The lowest BCUT2D eigenvalue weighted by Gasteiger charge is -2.13. The number of ether oxygens (including phenoxy) is 3. The van der Waals surface area contributed by atoms with E-state index in [0.717, 1.165) is 12.1 Å². The van der Waals surface area contributed by atoms with Crippen LogP contribution in [0.5, 0.6) is 17.2 Å². The van der Waals surface area contributed by atoms with Crippen LogP contribution < -0.4 is 9.47 Å². The highest BCUT2D eigenvalue weighted by molar-refractivity contribution is 6.30. The molecule has 1 N–H and O–H groups in total. The molecule has 0 saturated carbocycles. The smallest absolute Gasteiger partial charge is 0.481 e. The average Bonchev–Trinajstić information content (AvgIpc) is 3.12. The molecule has 0 aliphatic carbocycles. The summed E-state index contributed by atoms with van der Waals surface area (Å²) in [5, 5.41) is 10.5. The van der Waals surface area contributed by atoms with E-state index in [1.165, 1.54) is 16.7 Å². The van der Waals surface area contributed by atoms with Crippen molar-refractivity contribution in [2.24, 2.45) is 0 Å². The maximum atomic E-state index is 13.0. The number of carboxylic acids is 1. The van der Waals surface area contributed by atoms with Gasteiger partial charge >= 0.3 is 18.3 Å². The highest BCUT2D eigenvalue weighted by Crippen LogP contribution is 2.35. The van der Waals surface area contributed by atoms with Crippen molar-refractivity contribution >= 4 is 34.4 Å². The Morgan fingerprint density at radius 3 is 2.16 bits per heavy atom. The van der Waals surface area contributed by atoms with Crippen molar-refractivity contribution in [2.75, 3.05) is 6.61 Å². The first-order valence-electron chi connectivity index (χ1n) is 10.9. The van der Waals surface area contributed by atoms with E-state index in [-0.39, 0.29) is 17.9 Å². The molecule has 7 nitrogen and oxygen atoms in total. The second-order valence-electron chi connectivity index (χ2n) is 7.72. The molecule has 0 saturated heterocycles. The summed E-state index contributed by atoms with van der Waals surface area (Å²) in [7, 11) is 0. The summed E-state index contributed by atoms with van der Waals surface area (Å²) in [4.78, 5) is 24.8. The quantitative estimate of drug-likeness (QED) is 0.251. The van der Waals surface area contributed by atoms with Crippen molar-refractivity contribution in [3.63, 3.8) is 0 Å². The van der Waals surface area contributed by atoms with Gasteiger partial charge in [-0.3, -0.25) is 4.79 Å². The summed E-state index contributed by atoms with van der Waals surface area (Å²) >= 11 is 5.92. The van der Waals surface area contributed by atoms with Crippen LogP contribution in [0.25, 0.3) is 16.6 Å². The molecule has 4 aromatic rings. The molecule has 0 fully saturated rings. The lowest BCUT2D eigenvalue weighted by molar-refractivity contribution is -0.274. The van der Waals surface area contributed by atoms with Gasteiger partial charge in [0.25, 0.3) is 0 Å². The third kappa shape index (κ3) is 5.97. The first-order valence-corrected chi connectivity index (χ1v) is 11.3. The van der Waals surface area contributed by atoms with Crippen molar-refractivity contribution in [3.8, 4) is 22.9 Å². The van der Waals surface area contributed by atoms with Gasteiger partial charge in [0.05, 0.1) is 24.1 Å². The molecule has 1 heterocycles. The van der Waals surface area contributed by atoms with Crippen molar-refractivity contribution in [3.05, 3.63) is 83.0 Å². The lowest BCUT2D eigenvalue weighted by atomic mass is 10.1. The zero-order chi connectivity index (χ0) is 26.7. The molecule has 0 unspecified atom stereocenters. The summed E-state index contributed by atoms with van der Waals surface area (Å²) in [6.45, 7) is 1.66. The summed E-state index contributed by atoms with van der Waals surface area (Å²) in [6.07, 6.45) is -5.43. The van der Waals surface area contributed by atoms with Crippen molar-refractivity contribution < 1.29 is 42.1 Å². The Bertz CT molecular complexity index is 1450. The molecular weight excluding hydrogens is 515 g/mol. The molecular formula is C26H19ClF3NO6. The van der Waals surface area contributed by atoms with Gasteiger partial charge in [-0.2, -0.15) is 0 Å². The van der Waals surface area contributed by atoms with Crippen LogP contribution in [0.2, 0.25) is 5.02 Å². The Morgan fingerprint density at radius 1 is 0.946 bits per heavy atom. The third-order valence-corrected chi connectivity index (χ3v) is 5.46. The van der Waals surface area contributed by atoms with Gasteiger partial charge in [-0.25, -0.2) is 4.79 Å². The van der Waals surface area contributed by atoms with Gasteiger partial charge in [-0.05, 0) is 73.7 Å². The Hall–Kier alpha value is -4.18. The number of nitrogens with zero attached hydrogens (tertiary/aromatic N) is 1. The molecule has 11 heteroatoms. The lowest BCUT2D eigenvalue weighted by Crippen LogP contribution is -2.17. The van der Waals surface area contributed by atoms with Gasteiger partial charge in [-0.15, -0.1) is 13.2 Å². The van der Waals surface area contributed by atoms with Gasteiger partial charge < -0.3 is 23.9 Å². The number of hydrogen-bond donors (Lipinski definition) is 1. The summed E-state index contributed by atoms with van der Waals surface area (Å²) in [6, 6.07) is 16.3. The predicted octanol–water partition coefficient (Wildman–Crippen LogP) is 6.78. The van der Waals surface area contributed by atoms with E-state index in [1.807, 2.05) is 0 Å². The van der Waals surface area contributed by atoms with Crippen LogP contribution in [-0.4, -0.2) is 34.6 Å². The number of rotatable bonds is 8. The number of hydrogen-bond acceptors (Lipinski definition) is 5. The number of carbonyl (C=O) groups excluding carboxylic acids is 1. The normalized spacial score (nSPS) is 11.4. The molecule has 0 atom stereocenters. The van der Waals surface area contributed by atoms with E-state index in [9.17, 15) is 27.9 Å². The van der Waals surface area contributed by atoms with Gasteiger partial charge in [0.15, 0.2) is 0 Å². The Kier molecular flexibility index (Phi) is 7.30. The third-order valence-electron chi connectivity index (χ3n) is 5.21. The minimum Gasteiger partial charge on any atom is -0.481 e. The SMILES string of the molecule is CCOC(=O)c1c(CC(=O)O)n(-c2ccc(OC(F)(F)F)cc2)c2ccc(Oc3ccc(Cl)cc3)cc12. The molecule has 1 aromatic heterocycles. The van der Waals surface area contributed by atoms with Gasteiger partial charge in [0.1, 0.15) is 17.2 Å². The first kappa shape index (κ1) is 25.9. The Balaban J connectivity index is 1.89. The van der Waals surface area contributed by atoms with E-state index in [2.05, 4.69) is 4.74 Å². The fourth-order valence-electron chi connectivity index (χ4n) is 3.86. The zero-order valence-electron chi connectivity index (χ0n) is 19.2. The van der Waals surface area contributed by atoms with Crippen LogP contribution >= 0.6 is 11.6 Å². The fraction of sp³-hybridized carbons (Fsp3) is 0.154. The number of alkyl halides is 3. The van der Waals surface area contributed by atoms with E-state index >= 15 is 0 Å². The van der Waals surface area contributed by atoms with Gasteiger partial charge in [0, 0.05) is 21.8 Å². The number of carbonyl (C=O) groups is 2. The Morgan fingerprint density at radius 2 is 1.57 bits per heavy atom. The van der Waals surface area contributed by atoms with Crippen molar-refractivity contribution in [1.29, 1.82) is 0 Å². The molecule has 4 rings (SSSR count). The fourth-order valence-corrected chi connectivity index (χ4v) is 3.98. The predicted molar refractivity (Wildman–Crippen MR) is 129 cm³/mol. The maximum Gasteiger partial charge on any atom is 0.573 e. The van der Waals surface area contributed by atoms with Crippen LogP contribution in [0.15, 0.2) is 66.7 Å². The minimum absolute atomic E-state index is 0.0106. The van der Waals surface area contributed by atoms with E-state index < -0.39 is 30.5 Å². The molecule has 0 aliphatic rings. The van der Waals surface area contributed by atoms with Gasteiger partial charge in [0.2, 0.25) is 0 Å². The number of aromatic nitrogens is 1. The molecule has 0 spiro atoms. The van der Waals surface area contributed by atoms with Crippen molar-refractivity contribution in [2.45, 2.75) is 19.7 Å². The second kappa shape index (κ2) is 10.4. The summed E-state index contributed by atoms with van der Waals surface area (Å²) < 4.78 is 54.3. The number of halogens is 4. The summed E-state index contributed by atoms with van der Waals surface area (Å²) in [5.74, 6) is -1.58.